The van der Waals surface area contributed by atoms with Gasteiger partial charge in [0, 0.05) is 19.9 Å². The molecule has 5 heteroatoms. The topological polar surface area (TPSA) is 77.2 Å². The van der Waals surface area contributed by atoms with Crippen molar-refractivity contribution in [1.82, 2.24) is 10.3 Å². The second-order valence-corrected chi connectivity index (χ2v) is 4.23. The molecule has 0 aliphatic carbocycles. The summed E-state index contributed by atoms with van der Waals surface area (Å²) in [5.41, 5.74) is 6.63. The van der Waals surface area contributed by atoms with Crippen LogP contribution < -0.4 is 11.1 Å². The SMILES string of the molecule is COCCCC(N)C(=O)N[C@H](C)c1ccccn1. The van der Waals surface area contributed by atoms with Gasteiger partial charge in [-0.05, 0) is 31.9 Å². The van der Waals surface area contributed by atoms with Crippen molar-refractivity contribution >= 4 is 5.91 Å². The lowest BCUT2D eigenvalue weighted by atomic mass is 10.1. The van der Waals surface area contributed by atoms with E-state index in [1.165, 1.54) is 0 Å². The molecule has 3 N–H and O–H groups in total. The zero-order chi connectivity index (χ0) is 13.4. The summed E-state index contributed by atoms with van der Waals surface area (Å²) in [5.74, 6) is -0.149. The van der Waals surface area contributed by atoms with Crippen LogP contribution in [0.1, 0.15) is 31.5 Å². The first-order valence-electron chi connectivity index (χ1n) is 6.11. The number of carbonyl (C=O) groups excluding carboxylic acids is 1. The Morgan fingerprint density at radius 1 is 1.56 bits per heavy atom. The molecule has 0 fully saturated rings. The van der Waals surface area contributed by atoms with Gasteiger partial charge >= 0.3 is 0 Å². The molecule has 18 heavy (non-hydrogen) atoms. The van der Waals surface area contributed by atoms with Crippen LogP contribution in [0.4, 0.5) is 0 Å². The van der Waals surface area contributed by atoms with Gasteiger partial charge < -0.3 is 15.8 Å². The van der Waals surface area contributed by atoms with Crippen molar-refractivity contribution in [3.63, 3.8) is 0 Å². The van der Waals surface area contributed by atoms with Crippen molar-refractivity contribution in [3.05, 3.63) is 30.1 Å². The van der Waals surface area contributed by atoms with Crippen LogP contribution in [0.5, 0.6) is 0 Å². The minimum absolute atomic E-state index is 0.132. The third kappa shape index (κ3) is 4.81. The summed E-state index contributed by atoms with van der Waals surface area (Å²) in [5, 5.41) is 2.86. The van der Waals surface area contributed by atoms with E-state index in [9.17, 15) is 4.79 Å². The average Bonchev–Trinajstić information content (AvgIpc) is 2.39. The molecular formula is C13H21N3O2. The molecular weight excluding hydrogens is 230 g/mol. The first-order valence-corrected chi connectivity index (χ1v) is 6.11. The fourth-order valence-electron chi connectivity index (χ4n) is 1.61. The Morgan fingerprint density at radius 2 is 2.33 bits per heavy atom. The zero-order valence-electron chi connectivity index (χ0n) is 10.9. The predicted octanol–water partition coefficient (Wildman–Crippen LogP) is 1.01. The largest absolute Gasteiger partial charge is 0.385 e. The minimum Gasteiger partial charge on any atom is -0.385 e. The number of amides is 1. The van der Waals surface area contributed by atoms with Crippen LogP contribution in [0.3, 0.4) is 0 Å². The average molecular weight is 251 g/mol. The summed E-state index contributed by atoms with van der Waals surface area (Å²) in [6.45, 7) is 2.51. The summed E-state index contributed by atoms with van der Waals surface area (Å²) in [6.07, 6.45) is 3.11. The van der Waals surface area contributed by atoms with Gasteiger partial charge in [-0.15, -0.1) is 0 Å². The molecule has 0 bridgehead atoms. The molecule has 5 nitrogen and oxygen atoms in total. The molecule has 0 saturated heterocycles. The second kappa shape index (κ2) is 7.79. The highest BCUT2D eigenvalue weighted by Gasteiger charge is 2.16. The van der Waals surface area contributed by atoms with Crippen LogP contribution in [0.15, 0.2) is 24.4 Å². The molecule has 1 unspecified atom stereocenters. The van der Waals surface area contributed by atoms with Crippen molar-refractivity contribution in [2.45, 2.75) is 31.8 Å². The molecule has 1 aromatic heterocycles. The summed E-state index contributed by atoms with van der Waals surface area (Å²) in [7, 11) is 1.63. The van der Waals surface area contributed by atoms with E-state index in [0.717, 1.165) is 12.1 Å². The third-order valence-corrected chi connectivity index (χ3v) is 2.69. The van der Waals surface area contributed by atoms with Crippen LogP contribution in [-0.4, -0.2) is 30.6 Å². The van der Waals surface area contributed by atoms with Crippen molar-refractivity contribution in [2.24, 2.45) is 5.73 Å². The normalized spacial score (nSPS) is 13.9. The Balaban J connectivity index is 2.39. The van der Waals surface area contributed by atoms with Gasteiger partial charge in [-0.1, -0.05) is 6.07 Å². The summed E-state index contributed by atoms with van der Waals surface area (Å²) in [6, 6.07) is 4.98. The van der Waals surface area contributed by atoms with Gasteiger partial charge in [-0.3, -0.25) is 9.78 Å². The molecule has 1 rings (SSSR count). The lowest BCUT2D eigenvalue weighted by Gasteiger charge is -2.17. The van der Waals surface area contributed by atoms with E-state index in [-0.39, 0.29) is 11.9 Å². The molecule has 1 heterocycles. The number of methoxy groups -OCH3 is 1. The Hall–Kier alpha value is -1.46. The van der Waals surface area contributed by atoms with Gasteiger partial charge in [0.25, 0.3) is 0 Å². The van der Waals surface area contributed by atoms with Crippen LogP contribution in [0, 0.1) is 0 Å². The van der Waals surface area contributed by atoms with Crippen LogP contribution in [-0.2, 0) is 9.53 Å². The molecule has 0 aliphatic rings. The molecule has 100 valence electrons. The van der Waals surface area contributed by atoms with Gasteiger partial charge in [0.1, 0.15) is 0 Å². The fraction of sp³-hybridized carbons (Fsp3) is 0.538. The number of nitrogens with one attached hydrogen (secondary N) is 1. The van der Waals surface area contributed by atoms with Crippen molar-refractivity contribution < 1.29 is 9.53 Å². The Bertz CT molecular complexity index is 357. The maximum Gasteiger partial charge on any atom is 0.237 e. The molecule has 0 aromatic carbocycles. The molecule has 1 amide bonds. The van der Waals surface area contributed by atoms with E-state index in [0.29, 0.717) is 13.0 Å². The van der Waals surface area contributed by atoms with Crippen molar-refractivity contribution in [3.8, 4) is 0 Å². The van der Waals surface area contributed by atoms with Gasteiger partial charge in [0.15, 0.2) is 0 Å². The number of carbonyl (C=O) groups is 1. The number of nitrogens with zero attached hydrogens (tertiary/aromatic N) is 1. The van der Waals surface area contributed by atoms with E-state index in [1.807, 2.05) is 25.1 Å². The highest BCUT2D eigenvalue weighted by molar-refractivity contribution is 5.81. The minimum atomic E-state index is -0.494. The van der Waals surface area contributed by atoms with Crippen LogP contribution in [0.25, 0.3) is 0 Å². The number of pyridine rings is 1. The van der Waals surface area contributed by atoms with E-state index in [2.05, 4.69) is 10.3 Å². The molecule has 0 spiro atoms. The van der Waals surface area contributed by atoms with E-state index in [1.54, 1.807) is 13.3 Å². The monoisotopic (exact) mass is 251 g/mol. The number of hydrogen-bond acceptors (Lipinski definition) is 4. The van der Waals surface area contributed by atoms with E-state index in [4.69, 9.17) is 10.5 Å². The summed E-state index contributed by atoms with van der Waals surface area (Å²) >= 11 is 0. The van der Waals surface area contributed by atoms with Crippen LogP contribution >= 0.6 is 0 Å². The summed E-state index contributed by atoms with van der Waals surface area (Å²) in [4.78, 5) is 16.0. The first-order chi connectivity index (χ1) is 8.65. The van der Waals surface area contributed by atoms with E-state index >= 15 is 0 Å². The maximum atomic E-state index is 11.8. The molecule has 0 radical (unpaired) electrons. The van der Waals surface area contributed by atoms with Gasteiger partial charge in [-0.25, -0.2) is 0 Å². The Labute approximate surface area is 108 Å². The zero-order valence-corrected chi connectivity index (χ0v) is 10.9. The second-order valence-electron chi connectivity index (χ2n) is 4.23. The first kappa shape index (κ1) is 14.6. The third-order valence-electron chi connectivity index (χ3n) is 2.69. The molecule has 0 aliphatic heterocycles. The standard InChI is InChI=1S/C13H21N3O2/c1-10(12-7-3-4-8-15-12)16-13(17)11(14)6-5-9-18-2/h3-4,7-8,10-11H,5-6,9,14H2,1-2H3,(H,16,17)/t10-,11?/m1/s1. The molecule has 2 atom stereocenters. The quantitative estimate of drug-likeness (QED) is 0.709. The van der Waals surface area contributed by atoms with Gasteiger partial charge in [-0.2, -0.15) is 0 Å². The van der Waals surface area contributed by atoms with Crippen molar-refractivity contribution in [2.75, 3.05) is 13.7 Å². The highest BCUT2D eigenvalue weighted by atomic mass is 16.5. The smallest absolute Gasteiger partial charge is 0.237 e. The Morgan fingerprint density at radius 3 is 2.94 bits per heavy atom. The predicted molar refractivity (Wildman–Crippen MR) is 69.9 cm³/mol. The number of ether oxygens (including phenoxy) is 1. The number of hydrogen-bond donors (Lipinski definition) is 2. The fourth-order valence-corrected chi connectivity index (χ4v) is 1.61. The number of aromatic nitrogens is 1. The maximum absolute atomic E-state index is 11.8. The number of rotatable bonds is 7. The Kier molecular flexibility index (Phi) is 6.32. The van der Waals surface area contributed by atoms with E-state index < -0.39 is 6.04 Å². The highest BCUT2D eigenvalue weighted by Crippen LogP contribution is 2.08. The number of nitrogens with two attached hydrogens (primary N) is 1. The molecule has 1 aromatic rings. The van der Waals surface area contributed by atoms with Gasteiger partial charge in [0.2, 0.25) is 5.91 Å². The van der Waals surface area contributed by atoms with Gasteiger partial charge in [0.05, 0.1) is 17.8 Å². The lowest BCUT2D eigenvalue weighted by molar-refractivity contribution is -0.123. The van der Waals surface area contributed by atoms with Crippen LogP contribution in [0.2, 0.25) is 0 Å². The summed E-state index contributed by atoms with van der Waals surface area (Å²) < 4.78 is 4.93. The van der Waals surface area contributed by atoms with Crippen molar-refractivity contribution in [1.29, 1.82) is 0 Å². The molecule has 0 saturated carbocycles. The lowest BCUT2D eigenvalue weighted by Crippen LogP contribution is -2.41.